The number of rotatable bonds is 2. The largest absolute Gasteiger partial charge is 0.468 e. The van der Waals surface area contributed by atoms with Crippen molar-refractivity contribution in [2.75, 3.05) is 13.1 Å². The van der Waals surface area contributed by atoms with Gasteiger partial charge < -0.3 is 14.1 Å². The van der Waals surface area contributed by atoms with E-state index in [0.717, 1.165) is 12.7 Å². The molecular formula is C14H19NO4. The molecule has 19 heavy (non-hydrogen) atoms. The first-order valence-electron chi connectivity index (χ1n) is 6.41. The molecule has 0 saturated carbocycles. The van der Waals surface area contributed by atoms with Crippen LogP contribution in [0.4, 0.5) is 4.79 Å². The Hall–Kier alpha value is -1.78. The van der Waals surface area contributed by atoms with Crippen LogP contribution in [0.15, 0.2) is 16.7 Å². The third kappa shape index (κ3) is 3.16. The highest BCUT2D eigenvalue weighted by atomic mass is 16.6. The van der Waals surface area contributed by atoms with E-state index in [1.54, 1.807) is 11.0 Å². The first kappa shape index (κ1) is 13.6. The first-order chi connectivity index (χ1) is 8.90. The zero-order valence-electron chi connectivity index (χ0n) is 11.5. The van der Waals surface area contributed by atoms with E-state index in [0.29, 0.717) is 24.4 Å². The summed E-state index contributed by atoms with van der Waals surface area (Å²) in [5.41, 5.74) is 0.0735. The topological polar surface area (TPSA) is 59.8 Å². The Bertz CT molecular complexity index is 472. The van der Waals surface area contributed by atoms with Gasteiger partial charge in [-0.2, -0.15) is 0 Å². The van der Waals surface area contributed by atoms with Crippen LogP contribution in [0.5, 0.6) is 0 Å². The lowest BCUT2D eigenvalue weighted by Crippen LogP contribution is -2.35. The molecule has 1 atom stereocenters. The summed E-state index contributed by atoms with van der Waals surface area (Å²) in [4.78, 5) is 24.5. The fourth-order valence-electron chi connectivity index (χ4n) is 2.23. The van der Waals surface area contributed by atoms with Crippen molar-refractivity contribution >= 4 is 12.4 Å². The molecule has 1 aromatic heterocycles. The molecule has 5 heteroatoms. The SMILES string of the molecule is CC(C)(C)OC(=O)N1CCC(c2occc2C=O)C1. The minimum atomic E-state index is -0.492. The predicted molar refractivity (Wildman–Crippen MR) is 69.3 cm³/mol. The van der Waals surface area contributed by atoms with Gasteiger partial charge in [-0.1, -0.05) is 0 Å². The Morgan fingerprint density at radius 2 is 2.26 bits per heavy atom. The molecule has 1 unspecified atom stereocenters. The zero-order valence-corrected chi connectivity index (χ0v) is 11.5. The van der Waals surface area contributed by atoms with E-state index in [4.69, 9.17) is 9.15 Å². The van der Waals surface area contributed by atoms with Gasteiger partial charge in [0.25, 0.3) is 0 Å². The van der Waals surface area contributed by atoms with E-state index in [1.807, 2.05) is 20.8 Å². The number of carbonyl (C=O) groups excluding carboxylic acids is 2. The number of carbonyl (C=O) groups is 2. The van der Waals surface area contributed by atoms with Crippen molar-refractivity contribution in [2.24, 2.45) is 0 Å². The van der Waals surface area contributed by atoms with Gasteiger partial charge in [-0.05, 0) is 33.3 Å². The number of amides is 1. The summed E-state index contributed by atoms with van der Waals surface area (Å²) in [5.74, 6) is 0.740. The van der Waals surface area contributed by atoms with Gasteiger partial charge in [0.2, 0.25) is 0 Å². The second-order valence-electron chi connectivity index (χ2n) is 5.77. The number of nitrogens with zero attached hydrogens (tertiary/aromatic N) is 1. The molecule has 1 aromatic rings. The lowest BCUT2D eigenvalue weighted by molar-refractivity contribution is 0.0292. The quantitative estimate of drug-likeness (QED) is 0.771. The number of likely N-dealkylation sites (tertiary alicyclic amines) is 1. The normalized spacial score (nSPS) is 19.5. The summed E-state index contributed by atoms with van der Waals surface area (Å²) < 4.78 is 10.7. The van der Waals surface area contributed by atoms with Gasteiger partial charge in [-0.15, -0.1) is 0 Å². The number of furan rings is 1. The Morgan fingerprint density at radius 1 is 1.53 bits per heavy atom. The van der Waals surface area contributed by atoms with Crippen LogP contribution >= 0.6 is 0 Å². The van der Waals surface area contributed by atoms with Crippen LogP contribution in [0.1, 0.15) is 49.2 Å². The Kier molecular flexibility index (Phi) is 3.64. The van der Waals surface area contributed by atoms with Crippen LogP contribution in [0.3, 0.4) is 0 Å². The fourth-order valence-corrected chi connectivity index (χ4v) is 2.23. The molecule has 0 aliphatic carbocycles. The first-order valence-corrected chi connectivity index (χ1v) is 6.41. The maximum Gasteiger partial charge on any atom is 0.410 e. The molecule has 2 rings (SSSR count). The molecule has 1 fully saturated rings. The monoisotopic (exact) mass is 265 g/mol. The Morgan fingerprint density at radius 3 is 2.89 bits per heavy atom. The van der Waals surface area contributed by atoms with Gasteiger partial charge in [0.15, 0.2) is 6.29 Å². The van der Waals surface area contributed by atoms with Crippen molar-refractivity contribution in [3.63, 3.8) is 0 Å². The second kappa shape index (κ2) is 5.07. The lowest BCUT2D eigenvalue weighted by Gasteiger charge is -2.24. The summed E-state index contributed by atoms with van der Waals surface area (Å²) in [6.07, 6.45) is 2.77. The molecule has 104 valence electrons. The van der Waals surface area contributed by atoms with Gasteiger partial charge in [0.05, 0.1) is 11.8 Å². The summed E-state index contributed by atoms with van der Waals surface area (Å²) >= 11 is 0. The molecule has 1 aliphatic heterocycles. The van der Waals surface area contributed by atoms with Crippen LogP contribution in [-0.4, -0.2) is 36.0 Å². The average molecular weight is 265 g/mol. The minimum absolute atomic E-state index is 0.0720. The van der Waals surface area contributed by atoms with Gasteiger partial charge in [0.1, 0.15) is 11.4 Å². The summed E-state index contributed by atoms with van der Waals surface area (Å²) in [5, 5.41) is 0. The predicted octanol–water partition coefficient (Wildman–Crippen LogP) is 2.82. The highest BCUT2D eigenvalue weighted by Gasteiger charge is 2.32. The highest BCUT2D eigenvalue weighted by molar-refractivity contribution is 5.76. The summed E-state index contributed by atoms with van der Waals surface area (Å²) in [6.45, 7) is 6.68. The maximum atomic E-state index is 11.9. The molecule has 1 aliphatic rings. The highest BCUT2D eigenvalue weighted by Crippen LogP contribution is 2.30. The molecule has 2 heterocycles. The fraction of sp³-hybridized carbons (Fsp3) is 0.571. The van der Waals surface area contributed by atoms with E-state index < -0.39 is 5.60 Å². The third-order valence-electron chi connectivity index (χ3n) is 3.06. The maximum absolute atomic E-state index is 11.9. The van der Waals surface area contributed by atoms with Crippen LogP contribution in [0.25, 0.3) is 0 Å². The molecule has 0 radical (unpaired) electrons. The van der Waals surface area contributed by atoms with Crippen LogP contribution in [0, 0.1) is 0 Å². The van der Waals surface area contributed by atoms with Gasteiger partial charge in [-0.25, -0.2) is 4.79 Å². The minimum Gasteiger partial charge on any atom is -0.468 e. The van der Waals surface area contributed by atoms with Crippen molar-refractivity contribution in [1.29, 1.82) is 0 Å². The van der Waals surface area contributed by atoms with E-state index in [-0.39, 0.29) is 12.0 Å². The van der Waals surface area contributed by atoms with E-state index in [2.05, 4.69) is 0 Å². The molecule has 0 N–H and O–H groups in total. The molecule has 0 spiro atoms. The number of hydrogen-bond donors (Lipinski definition) is 0. The summed E-state index contributed by atoms with van der Waals surface area (Å²) in [7, 11) is 0. The average Bonchev–Trinajstić information content (AvgIpc) is 2.95. The van der Waals surface area contributed by atoms with Crippen molar-refractivity contribution in [2.45, 2.75) is 38.7 Å². The zero-order chi connectivity index (χ0) is 14.0. The van der Waals surface area contributed by atoms with E-state index >= 15 is 0 Å². The van der Waals surface area contributed by atoms with Crippen molar-refractivity contribution < 1.29 is 18.7 Å². The molecule has 1 saturated heterocycles. The Labute approximate surface area is 112 Å². The molecule has 5 nitrogen and oxygen atoms in total. The van der Waals surface area contributed by atoms with Crippen molar-refractivity contribution in [1.82, 2.24) is 4.90 Å². The van der Waals surface area contributed by atoms with Crippen molar-refractivity contribution in [3.8, 4) is 0 Å². The second-order valence-corrected chi connectivity index (χ2v) is 5.77. The molecule has 0 aromatic carbocycles. The summed E-state index contributed by atoms with van der Waals surface area (Å²) in [6, 6.07) is 1.65. The molecule has 1 amide bonds. The van der Waals surface area contributed by atoms with Gasteiger partial charge in [-0.3, -0.25) is 4.79 Å². The number of aldehydes is 1. The lowest BCUT2D eigenvalue weighted by atomic mass is 10.0. The van der Waals surface area contributed by atoms with E-state index in [9.17, 15) is 9.59 Å². The van der Waals surface area contributed by atoms with Crippen molar-refractivity contribution in [3.05, 3.63) is 23.7 Å². The van der Waals surface area contributed by atoms with Crippen LogP contribution in [-0.2, 0) is 4.74 Å². The molecule has 0 bridgehead atoms. The smallest absolute Gasteiger partial charge is 0.410 e. The molecular weight excluding hydrogens is 246 g/mol. The standard InChI is InChI=1S/C14H19NO4/c1-14(2,3)19-13(17)15-6-4-10(8-15)12-11(9-16)5-7-18-12/h5,7,9-10H,4,6,8H2,1-3H3. The van der Waals surface area contributed by atoms with Crippen LogP contribution < -0.4 is 0 Å². The van der Waals surface area contributed by atoms with Gasteiger partial charge in [0, 0.05) is 19.0 Å². The van der Waals surface area contributed by atoms with E-state index in [1.165, 1.54) is 6.26 Å². The van der Waals surface area contributed by atoms with Crippen LogP contribution in [0.2, 0.25) is 0 Å². The number of ether oxygens (including phenoxy) is 1. The third-order valence-corrected chi connectivity index (χ3v) is 3.06. The Balaban J connectivity index is 2.00. The number of hydrogen-bond acceptors (Lipinski definition) is 4. The van der Waals surface area contributed by atoms with Gasteiger partial charge >= 0.3 is 6.09 Å².